The Labute approximate surface area is 103 Å². The monoisotopic (exact) mass is 234 g/mol. The number of piperidine rings is 1. The van der Waals surface area contributed by atoms with Gasteiger partial charge in [0.1, 0.15) is 0 Å². The molecule has 1 unspecified atom stereocenters. The molecule has 0 aromatic heterocycles. The maximum absolute atomic E-state index is 10.0. The third-order valence-electron chi connectivity index (χ3n) is 3.46. The van der Waals surface area contributed by atoms with E-state index in [1.807, 2.05) is 6.92 Å². The van der Waals surface area contributed by atoms with E-state index in [1.54, 1.807) is 0 Å². The fourth-order valence-corrected chi connectivity index (χ4v) is 2.49. The molecule has 17 heavy (non-hydrogen) atoms. The molecule has 0 aliphatic carbocycles. The van der Waals surface area contributed by atoms with Crippen LogP contribution in [0.5, 0.6) is 0 Å². The summed E-state index contributed by atoms with van der Waals surface area (Å²) in [5.41, 5.74) is 8.90. The minimum absolute atomic E-state index is 0.282. The number of aryl methyl sites for hydroxylation is 1. The lowest BCUT2D eigenvalue weighted by atomic mass is 10.0. The van der Waals surface area contributed by atoms with Crippen molar-refractivity contribution in [3.05, 3.63) is 29.3 Å². The molecule has 3 nitrogen and oxygen atoms in total. The molecule has 3 heteroatoms. The van der Waals surface area contributed by atoms with Gasteiger partial charge in [0.15, 0.2) is 0 Å². The van der Waals surface area contributed by atoms with Gasteiger partial charge in [0.2, 0.25) is 0 Å². The van der Waals surface area contributed by atoms with E-state index in [0.29, 0.717) is 0 Å². The van der Waals surface area contributed by atoms with Crippen LogP contribution in [0.15, 0.2) is 18.2 Å². The summed E-state index contributed by atoms with van der Waals surface area (Å²) in [6, 6.07) is 6.28. The summed E-state index contributed by atoms with van der Waals surface area (Å²) >= 11 is 0. The fourth-order valence-electron chi connectivity index (χ4n) is 2.49. The zero-order chi connectivity index (χ0) is 12.3. The Morgan fingerprint density at radius 2 is 2.00 bits per heavy atom. The Kier molecular flexibility index (Phi) is 4.02. The van der Waals surface area contributed by atoms with E-state index in [1.165, 1.54) is 24.8 Å². The molecule has 1 atom stereocenters. The molecule has 94 valence electrons. The molecule has 0 amide bonds. The first-order valence-corrected chi connectivity index (χ1v) is 6.46. The quantitative estimate of drug-likeness (QED) is 0.840. The molecule has 1 aliphatic rings. The highest BCUT2D eigenvalue weighted by Gasteiger charge is 2.18. The first-order chi connectivity index (χ1) is 8.22. The van der Waals surface area contributed by atoms with Crippen LogP contribution >= 0.6 is 0 Å². The van der Waals surface area contributed by atoms with Crippen LogP contribution in [-0.2, 0) is 0 Å². The number of aliphatic hydroxyl groups is 1. The number of benzene rings is 1. The van der Waals surface area contributed by atoms with Crippen LogP contribution in [0.2, 0.25) is 0 Å². The lowest BCUT2D eigenvalue weighted by molar-refractivity contribution is 0.187. The van der Waals surface area contributed by atoms with E-state index in [2.05, 4.69) is 23.1 Å². The Morgan fingerprint density at radius 1 is 1.29 bits per heavy atom. The molecule has 0 radical (unpaired) electrons. The number of anilines is 1. The van der Waals surface area contributed by atoms with E-state index in [9.17, 15) is 5.11 Å². The van der Waals surface area contributed by atoms with E-state index >= 15 is 0 Å². The van der Waals surface area contributed by atoms with Crippen LogP contribution in [0, 0.1) is 6.92 Å². The summed E-state index contributed by atoms with van der Waals surface area (Å²) in [5, 5.41) is 10.0. The number of hydrogen-bond acceptors (Lipinski definition) is 3. The van der Waals surface area contributed by atoms with E-state index < -0.39 is 6.10 Å². The molecule has 0 saturated carbocycles. The van der Waals surface area contributed by atoms with Crippen LogP contribution in [0.3, 0.4) is 0 Å². The van der Waals surface area contributed by atoms with Crippen molar-refractivity contribution in [2.75, 3.05) is 24.5 Å². The molecule has 3 N–H and O–H groups in total. The van der Waals surface area contributed by atoms with Crippen LogP contribution in [0.25, 0.3) is 0 Å². The summed E-state index contributed by atoms with van der Waals surface area (Å²) in [6.07, 6.45) is 3.25. The molecule has 2 rings (SSSR count). The Balaban J connectivity index is 2.30. The van der Waals surface area contributed by atoms with Crippen LogP contribution in [-0.4, -0.2) is 24.7 Å². The first kappa shape index (κ1) is 12.4. The SMILES string of the molecule is Cc1ccc(N2CCCCC2)c(C(O)CN)c1. The predicted molar refractivity (Wildman–Crippen MR) is 71.3 cm³/mol. The lowest BCUT2D eigenvalue weighted by Gasteiger charge is -2.31. The van der Waals surface area contributed by atoms with Gasteiger partial charge in [0.05, 0.1) is 6.10 Å². The summed E-state index contributed by atoms with van der Waals surface area (Å²) < 4.78 is 0. The molecular formula is C14H22N2O. The smallest absolute Gasteiger partial charge is 0.0932 e. The maximum Gasteiger partial charge on any atom is 0.0932 e. The van der Waals surface area contributed by atoms with Crippen molar-refractivity contribution in [2.45, 2.75) is 32.3 Å². The van der Waals surface area contributed by atoms with E-state index in [4.69, 9.17) is 5.73 Å². The predicted octanol–water partition coefficient (Wildman–Crippen LogP) is 1.98. The number of rotatable bonds is 3. The standard InChI is InChI=1S/C14H22N2O/c1-11-5-6-13(12(9-11)14(17)10-15)16-7-3-2-4-8-16/h5-6,9,14,17H,2-4,7-8,10,15H2,1H3. The lowest BCUT2D eigenvalue weighted by Crippen LogP contribution is -2.31. The van der Waals surface area contributed by atoms with Gasteiger partial charge < -0.3 is 15.7 Å². The third kappa shape index (κ3) is 2.79. The first-order valence-electron chi connectivity index (χ1n) is 6.46. The van der Waals surface area contributed by atoms with Gasteiger partial charge in [-0.3, -0.25) is 0 Å². The van der Waals surface area contributed by atoms with Crippen molar-refractivity contribution in [1.82, 2.24) is 0 Å². The third-order valence-corrected chi connectivity index (χ3v) is 3.46. The van der Waals surface area contributed by atoms with Gasteiger partial charge >= 0.3 is 0 Å². The molecule has 1 aromatic carbocycles. The number of nitrogens with two attached hydrogens (primary N) is 1. The van der Waals surface area contributed by atoms with Crippen molar-refractivity contribution in [2.24, 2.45) is 5.73 Å². The average molecular weight is 234 g/mol. The minimum Gasteiger partial charge on any atom is -0.387 e. The van der Waals surface area contributed by atoms with Gasteiger partial charge in [-0.25, -0.2) is 0 Å². The second kappa shape index (κ2) is 5.52. The minimum atomic E-state index is -0.549. The van der Waals surface area contributed by atoms with Gasteiger partial charge in [0.25, 0.3) is 0 Å². The fraction of sp³-hybridized carbons (Fsp3) is 0.571. The van der Waals surface area contributed by atoms with Crippen molar-refractivity contribution < 1.29 is 5.11 Å². The maximum atomic E-state index is 10.0. The van der Waals surface area contributed by atoms with Crippen LogP contribution < -0.4 is 10.6 Å². The highest BCUT2D eigenvalue weighted by molar-refractivity contribution is 5.56. The van der Waals surface area contributed by atoms with Gasteiger partial charge in [0, 0.05) is 30.9 Å². The topological polar surface area (TPSA) is 49.5 Å². The zero-order valence-electron chi connectivity index (χ0n) is 10.5. The number of hydrogen-bond donors (Lipinski definition) is 2. The molecule has 1 aliphatic heterocycles. The van der Waals surface area contributed by atoms with Gasteiger partial charge in [-0.05, 0) is 32.3 Å². The van der Waals surface area contributed by atoms with Crippen molar-refractivity contribution in [3.8, 4) is 0 Å². The summed E-state index contributed by atoms with van der Waals surface area (Å²) in [7, 11) is 0. The molecule has 0 spiro atoms. The molecule has 1 saturated heterocycles. The number of nitrogens with zero attached hydrogens (tertiary/aromatic N) is 1. The summed E-state index contributed by atoms with van der Waals surface area (Å²) in [6.45, 7) is 4.51. The highest BCUT2D eigenvalue weighted by Crippen LogP contribution is 2.29. The normalized spacial score (nSPS) is 18.2. The van der Waals surface area contributed by atoms with E-state index in [0.717, 1.165) is 24.3 Å². The van der Waals surface area contributed by atoms with Gasteiger partial charge in [-0.2, -0.15) is 0 Å². The Morgan fingerprint density at radius 3 is 2.65 bits per heavy atom. The Hall–Kier alpha value is -1.06. The summed E-state index contributed by atoms with van der Waals surface area (Å²) in [4.78, 5) is 2.37. The van der Waals surface area contributed by atoms with Crippen LogP contribution in [0.1, 0.15) is 36.5 Å². The Bertz CT molecular complexity index is 372. The van der Waals surface area contributed by atoms with Gasteiger partial charge in [-0.1, -0.05) is 17.7 Å². The molecule has 1 aromatic rings. The second-order valence-electron chi connectivity index (χ2n) is 4.86. The van der Waals surface area contributed by atoms with Crippen molar-refractivity contribution >= 4 is 5.69 Å². The second-order valence-corrected chi connectivity index (χ2v) is 4.86. The number of aliphatic hydroxyl groups excluding tert-OH is 1. The van der Waals surface area contributed by atoms with E-state index in [-0.39, 0.29) is 6.54 Å². The van der Waals surface area contributed by atoms with Gasteiger partial charge in [-0.15, -0.1) is 0 Å². The highest BCUT2D eigenvalue weighted by atomic mass is 16.3. The molecule has 1 heterocycles. The average Bonchev–Trinajstić information content (AvgIpc) is 2.38. The molecule has 0 bridgehead atoms. The molecular weight excluding hydrogens is 212 g/mol. The summed E-state index contributed by atoms with van der Waals surface area (Å²) in [5.74, 6) is 0. The zero-order valence-corrected chi connectivity index (χ0v) is 10.5. The van der Waals surface area contributed by atoms with Crippen LogP contribution in [0.4, 0.5) is 5.69 Å². The van der Waals surface area contributed by atoms with Crippen molar-refractivity contribution in [3.63, 3.8) is 0 Å². The molecule has 1 fully saturated rings. The largest absolute Gasteiger partial charge is 0.387 e. The van der Waals surface area contributed by atoms with Crippen molar-refractivity contribution in [1.29, 1.82) is 0 Å².